The van der Waals surface area contributed by atoms with Crippen molar-refractivity contribution < 1.29 is 106 Å². The fourth-order valence-corrected chi connectivity index (χ4v) is 2.86. The molecule has 0 aliphatic carbocycles. The minimum Gasteiger partial charge on any atom is -0.855 e. The molecule has 17 heteroatoms. The van der Waals surface area contributed by atoms with Gasteiger partial charge in [0.15, 0.2) is 0 Å². The van der Waals surface area contributed by atoms with Gasteiger partial charge in [0.1, 0.15) is 5.92 Å². The molecule has 0 aliphatic rings. The average Bonchev–Trinajstić information content (AvgIpc) is 3.04. The largest absolute Gasteiger partial charge is 1.00 e. The topological polar surface area (TPSA) is 224 Å². The quantitative estimate of drug-likeness (QED) is 0.0419. The monoisotopic (exact) mass is 690 g/mol. The van der Waals surface area contributed by atoms with E-state index in [4.69, 9.17) is 5.11 Å². The van der Waals surface area contributed by atoms with E-state index in [9.17, 15) is 38.4 Å². The van der Waals surface area contributed by atoms with E-state index in [0.717, 1.165) is 26.4 Å². The Balaban J connectivity index is -0.000000188. The van der Waals surface area contributed by atoms with Crippen LogP contribution in [0.2, 0.25) is 0 Å². The number of ether oxygens (including phenoxy) is 7. The number of hydrogen-bond acceptors (Lipinski definition) is 16. The maximum atomic E-state index is 11.8. The van der Waals surface area contributed by atoms with Gasteiger partial charge in [0, 0.05) is 19.3 Å². The zero-order valence-corrected chi connectivity index (χ0v) is 31.3. The molecule has 0 aromatic rings. The minimum atomic E-state index is -1.18. The molecule has 1 unspecified atom stereocenters. The molecule has 0 aromatic carbocycles. The standard InChI is InChI=1S/C13H20O7.C9H16O4.C6H10O4.C2H5O.Na/c1-4-20-13(17)11(15)9(12(16)19-3)7-5-6-8-10(14)18-2;1-12-8(10)6-4-3-5-7-9(11)13-2;1-3-9-5(7)6(8)10-4-2;1-2-3;/h9H,4-8H2,1-3H3;3-7H2,1-2H3;3-4H2,1-2H3;2H2,1H3;/q;;;-1;+1. The number of rotatable bonds is 17. The van der Waals surface area contributed by atoms with E-state index in [2.05, 4.69) is 33.2 Å². The van der Waals surface area contributed by atoms with E-state index in [1.165, 1.54) is 21.3 Å². The van der Waals surface area contributed by atoms with Crippen LogP contribution in [0.25, 0.3) is 0 Å². The van der Waals surface area contributed by atoms with E-state index >= 15 is 0 Å². The first-order chi connectivity index (χ1) is 21.8. The van der Waals surface area contributed by atoms with Crippen LogP contribution >= 0.6 is 0 Å². The van der Waals surface area contributed by atoms with Gasteiger partial charge in [-0.25, -0.2) is 14.4 Å². The molecule has 0 aromatic heterocycles. The first kappa shape index (κ1) is 53.4. The van der Waals surface area contributed by atoms with E-state index < -0.39 is 35.6 Å². The molecule has 16 nitrogen and oxygen atoms in total. The van der Waals surface area contributed by atoms with Gasteiger partial charge in [-0.05, 0) is 46.5 Å². The Labute approximate surface area is 299 Å². The van der Waals surface area contributed by atoms with Crippen LogP contribution < -0.4 is 34.7 Å². The molecular weight excluding hydrogens is 639 g/mol. The normalized spacial score (nSPS) is 9.64. The van der Waals surface area contributed by atoms with Gasteiger partial charge in [-0.3, -0.25) is 24.0 Å². The number of ketones is 1. The zero-order valence-electron chi connectivity index (χ0n) is 29.3. The number of methoxy groups -OCH3 is 4. The Morgan fingerprint density at radius 3 is 1.13 bits per heavy atom. The van der Waals surface area contributed by atoms with Crippen LogP contribution in [0.1, 0.15) is 85.5 Å². The molecular formula is C30H51NaO16. The average molecular weight is 691 g/mol. The SMILES string of the molecule is CCOC(=O)C(=O)C(CCCCC(=O)OC)C(=O)OC.CCOC(=O)C(=O)OCC.CC[O-].COC(=O)CCCCCC(=O)OC.[Na+]. The summed E-state index contributed by atoms with van der Waals surface area (Å²) in [6.07, 6.45) is 4.43. The summed E-state index contributed by atoms with van der Waals surface area (Å²) < 4.78 is 31.2. The molecule has 0 N–H and O–H groups in total. The molecule has 0 amide bonds. The van der Waals surface area contributed by atoms with E-state index in [0.29, 0.717) is 25.7 Å². The second kappa shape index (κ2) is 39.1. The summed E-state index contributed by atoms with van der Waals surface area (Å²) in [5.41, 5.74) is 0. The fourth-order valence-electron chi connectivity index (χ4n) is 2.86. The van der Waals surface area contributed by atoms with Crippen molar-refractivity contribution in [1.29, 1.82) is 0 Å². The van der Waals surface area contributed by atoms with Gasteiger partial charge < -0.3 is 38.3 Å². The molecule has 1 atom stereocenters. The summed E-state index contributed by atoms with van der Waals surface area (Å²) in [7, 11) is 5.17. The Kier molecular flexibility index (Phi) is 44.4. The van der Waals surface area contributed by atoms with E-state index in [-0.39, 0.29) is 86.7 Å². The van der Waals surface area contributed by atoms with Gasteiger partial charge >= 0.3 is 71.3 Å². The molecule has 0 saturated carbocycles. The molecule has 0 heterocycles. The van der Waals surface area contributed by atoms with Gasteiger partial charge in [-0.15, -0.1) is 6.61 Å². The molecule has 268 valence electrons. The Hall–Kier alpha value is -3.08. The summed E-state index contributed by atoms with van der Waals surface area (Å²) in [5.74, 6) is -6.54. The van der Waals surface area contributed by atoms with Crippen molar-refractivity contribution >= 4 is 47.6 Å². The van der Waals surface area contributed by atoms with E-state index in [1.807, 2.05) is 0 Å². The molecule has 47 heavy (non-hydrogen) atoms. The van der Waals surface area contributed by atoms with Crippen LogP contribution in [0.3, 0.4) is 0 Å². The molecule has 0 saturated heterocycles. The molecule has 0 rings (SSSR count). The van der Waals surface area contributed by atoms with Gasteiger partial charge in [-0.2, -0.15) is 0 Å². The van der Waals surface area contributed by atoms with Gasteiger partial charge in [-0.1, -0.05) is 19.8 Å². The Morgan fingerprint density at radius 2 is 0.830 bits per heavy atom. The van der Waals surface area contributed by atoms with Crippen molar-refractivity contribution in [3.05, 3.63) is 0 Å². The van der Waals surface area contributed by atoms with Crippen molar-refractivity contribution in [3.63, 3.8) is 0 Å². The first-order valence-corrected chi connectivity index (χ1v) is 14.7. The maximum absolute atomic E-state index is 11.8. The Morgan fingerprint density at radius 1 is 0.511 bits per heavy atom. The molecule has 0 radical (unpaired) electrons. The van der Waals surface area contributed by atoms with E-state index in [1.54, 1.807) is 27.7 Å². The number of Topliss-reactive ketones (excluding diaryl/α,β-unsaturated/α-hetero) is 1. The number of hydrogen-bond donors (Lipinski definition) is 0. The van der Waals surface area contributed by atoms with Gasteiger partial charge in [0.25, 0.3) is 5.78 Å². The minimum absolute atomic E-state index is 0. The van der Waals surface area contributed by atoms with Crippen molar-refractivity contribution in [2.75, 3.05) is 54.9 Å². The third-order valence-corrected chi connectivity index (χ3v) is 5.06. The van der Waals surface area contributed by atoms with Crippen LogP contribution in [-0.4, -0.2) is 102 Å². The third-order valence-electron chi connectivity index (χ3n) is 5.06. The predicted octanol–water partition coefficient (Wildman–Crippen LogP) is -1.59. The third kappa shape index (κ3) is 35.6. The molecule has 0 fully saturated rings. The second-order valence-corrected chi connectivity index (χ2v) is 8.42. The summed E-state index contributed by atoms with van der Waals surface area (Å²) in [5, 5.41) is 8.93. The first-order valence-electron chi connectivity index (χ1n) is 14.7. The second-order valence-electron chi connectivity index (χ2n) is 8.42. The summed E-state index contributed by atoms with van der Waals surface area (Å²) in [4.78, 5) is 87.7. The molecule has 0 spiro atoms. The summed E-state index contributed by atoms with van der Waals surface area (Å²) >= 11 is 0. The van der Waals surface area contributed by atoms with Crippen LogP contribution in [0.15, 0.2) is 0 Å². The number of esters is 7. The van der Waals surface area contributed by atoms with Gasteiger partial charge in [0.2, 0.25) is 0 Å². The van der Waals surface area contributed by atoms with Crippen LogP contribution in [0, 0.1) is 5.92 Å². The zero-order chi connectivity index (χ0) is 36.3. The van der Waals surface area contributed by atoms with Crippen molar-refractivity contribution in [3.8, 4) is 0 Å². The summed E-state index contributed by atoms with van der Waals surface area (Å²) in [6.45, 7) is 6.82. The van der Waals surface area contributed by atoms with Crippen LogP contribution in [0.4, 0.5) is 0 Å². The van der Waals surface area contributed by atoms with Gasteiger partial charge in [0.05, 0.1) is 48.3 Å². The maximum Gasteiger partial charge on any atom is 1.00 e. The van der Waals surface area contributed by atoms with Crippen molar-refractivity contribution in [1.82, 2.24) is 0 Å². The fraction of sp³-hybridized carbons (Fsp3) is 0.733. The molecule has 0 bridgehead atoms. The van der Waals surface area contributed by atoms with Crippen LogP contribution in [0.5, 0.6) is 0 Å². The smallest absolute Gasteiger partial charge is 0.855 e. The summed E-state index contributed by atoms with van der Waals surface area (Å²) in [6, 6.07) is 0. The molecule has 0 aliphatic heterocycles. The van der Waals surface area contributed by atoms with Crippen molar-refractivity contribution in [2.24, 2.45) is 5.92 Å². The van der Waals surface area contributed by atoms with Crippen LogP contribution in [-0.2, 0) is 71.5 Å². The van der Waals surface area contributed by atoms with Crippen molar-refractivity contribution in [2.45, 2.75) is 85.5 Å². The Bertz CT molecular complexity index is 857. The number of unbranched alkanes of at least 4 members (excludes halogenated alkanes) is 3. The predicted molar refractivity (Wildman–Crippen MR) is 159 cm³/mol. The number of carbonyl (C=O) groups is 8. The number of carbonyl (C=O) groups excluding carboxylic acids is 8.